The Morgan fingerprint density at radius 3 is 3.06 bits per heavy atom. The zero-order valence-corrected chi connectivity index (χ0v) is 8.41. The van der Waals surface area contributed by atoms with E-state index in [2.05, 4.69) is 15.4 Å². The van der Waals surface area contributed by atoms with Gasteiger partial charge in [0.25, 0.3) is 0 Å². The minimum atomic E-state index is -0.991. The van der Waals surface area contributed by atoms with Gasteiger partial charge in [-0.25, -0.2) is 0 Å². The standard InChI is InChI=1S/C9H10N4O3/c14-9(15)6-13-11-8(10-12-13)4-3-7-2-1-5-16-7/h1-2,5H,3-4,6H2,(H,14,15). The van der Waals surface area contributed by atoms with E-state index in [1.165, 1.54) is 0 Å². The molecule has 0 radical (unpaired) electrons. The summed E-state index contributed by atoms with van der Waals surface area (Å²) >= 11 is 0. The Morgan fingerprint density at radius 1 is 1.50 bits per heavy atom. The molecule has 16 heavy (non-hydrogen) atoms. The highest BCUT2D eigenvalue weighted by Crippen LogP contribution is 2.03. The van der Waals surface area contributed by atoms with Crippen LogP contribution in [0.3, 0.4) is 0 Å². The first-order valence-corrected chi connectivity index (χ1v) is 4.75. The van der Waals surface area contributed by atoms with Crippen LogP contribution in [-0.2, 0) is 24.2 Å². The minimum absolute atomic E-state index is 0.270. The van der Waals surface area contributed by atoms with Gasteiger partial charge in [-0.05, 0) is 17.3 Å². The molecule has 2 aromatic heterocycles. The number of carboxylic acid groups (broad SMARTS) is 1. The summed E-state index contributed by atoms with van der Waals surface area (Å²) in [5, 5.41) is 19.8. The van der Waals surface area contributed by atoms with Crippen LogP contribution >= 0.6 is 0 Å². The van der Waals surface area contributed by atoms with Crippen molar-refractivity contribution in [2.24, 2.45) is 0 Å². The molecule has 0 spiro atoms. The van der Waals surface area contributed by atoms with E-state index in [1.54, 1.807) is 6.26 Å². The fourth-order valence-electron chi connectivity index (χ4n) is 1.25. The van der Waals surface area contributed by atoms with Crippen molar-refractivity contribution in [2.45, 2.75) is 19.4 Å². The molecule has 0 atom stereocenters. The molecule has 7 heteroatoms. The van der Waals surface area contributed by atoms with Crippen LogP contribution < -0.4 is 0 Å². The van der Waals surface area contributed by atoms with Gasteiger partial charge in [-0.15, -0.1) is 10.2 Å². The average molecular weight is 222 g/mol. The summed E-state index contributed by atoms with van der Waals surface area (Å²) in [7, 11) is 0. The van der Waals surface area contributed by atoms with E-state index in [4.69, 9.17) is 9.52 Å². The van der Waals surface area contributed by atoms with Crippen molar-refractivity contribution in [3.63, 3.8) is 0 Å². The predicted octanol–water partition coefficient (Wildman–Crippen LogP) is 0.136. The van der Waals surface area contributed by atoms with Gasteiger partial charge in [0.05, 0.1) is 6.26 Å². The summed E-state index contributed by atoms with van der Waals surface area (Å²) in [5.74, 6) is 0.363. The molecule has 0 aliphatic carbocycles. The van der Waals surface area contributed by atoms with Crippen LogP contribution in [-0.4, -0.2) is 31.3 Å². The van der Waals surface area contributed by atoms with Crippen LogP contribution in [0.2, 0.25) is 0 Å². The predicted molar refractivity (Wildman–Crippen MR) is 51.6 cm³/mol. The summed E-state index contributed by atoms with van der Waals surface area (Å²) in [6.45, 7) is -0.270. The number of aromatic nitrogens is 4. The fourth-order valence-corrected chi connectivity index (χ4v) is 1.25. The molecule has 2 aromatic rings. The second kappa shape index (κ2) is 4.56. The average Bonchev–Trinajstić information content (AvgIpc) is 2.84. The Bertz CT molecular complexity index is 463. The molecular weight excluding hydrogens is 212 g/mol. The molecule has 84 valence electrons. The molecule has 0 saturated heterocycles. The molecule has 0 fully saturated rings. The van der Waals surface area contributed by atoms with Crippen LogP contribution in [0, 0.1) is 0 Å². The number of rotatable bonds is 5. The molecule has 0 saturated carbocycles. The molecule has 0 aromatic carbocycles. The van der Waals surface area contributed by atoms with Gasteiger partial charge < -0.3 is 9.52 Å². The van der Waals surface area contributed by atoms with E-state index >= 15 is 0 Å². The van der Waals surface area contributed by atoms with Gasteiger partial charge in [0.2, 0.25) is 0 Å². The van der Waals surface area contributed by atoms with Gasteiger partial charge in [0.1, 0.15) is 5.76 Å². The summed E-state index contributed by atoms with van der Waals surface area (Å²) in [5.41, 5.74) is 0. The first-order chi connectivity index (χ1) is 7.74. The van der Waals surface area contributed by atoms with Crippen molar-refractivity contribution < 1.29 is 14.3 Å². The van der Waals surface area contributed by atoms with E-state index in [9.17, 15) is 4.79 Å². The maximum absolute atomic E-state index is 10.4. The highest BCUT2D eigenvalue weighted by Gasteiger charge is 2.06. The third kappa shape index (κ3) is 2.66. The Labute approximate surface area is 90.7 Å². The molecule has 0 aliphatic rings. The molecule has 0 aliphatic heterocycles. The third-order valence-electron chi connectivity index (χ3n) is 1.95. The first-order valence-electron chi connectivity index (χ1n) is 4.75. The van der Waals surface area contributed by atoms with Crippen molar-refractivity contribution in [3.8, 4) is 0 Å². The number of hydrogen-bond acceptors (Lipinski definition) is 5. The van der Waals surface area contributed by atoms with Crippen molar-refractivity contribution >= 4 is 5.97 Å². The summed E-state index contributed by atoms with van der Waals surface area (Å²) < 4.78 is 5.15. The van der Waals surface area contributed by atoms with Crippen LogP contribution in [0.1, 0.15) is 11.6 Å². The zero-order chi connectivity index (χ0) is 11.4. The van der Waals surface area contributed by atoms with Gasteiger partial charge in [0, 0.05) is 12.8 Å². The van der Waals surface area contributed by atoms with E-state index in [0.29, 0.717) is 18.7 Å². The molecule has 2 rings (SSSR count). The van der Waals surface area contributed by atoms with Gasteiger partial charge in [-0.2, -0.15) is 4.80 Å². The van der Waals surface area contributed by atoms with Gasteiger partial charge in [-0.1, -0.05) is 0 Å². The number of furan rings is 1. The Balaban J connectivity index is 1.90. The number of aryl methyl sites for hydroxylation is 2. The topological polar surface area (TPSA) is 94.0 Å². The first kappa shape index (κ1) is 10.3. The lowest BCUT2D eigenvalue weighted by Gasteiger charge is -1.92. The van der Waals surface area contributed by atoms with Crippen LogP contribution in [0.5, 0.6) is 0 Å². The van der Waals surface area contributed by atoms with E-state index in [0.717, 1.165) is 10.6 Å². The number of aliphatic carboxylic acids is 1. The van der Waals surface area contributed by atoms with Crippen LogP contribution in [0.15, 0.2) is 22.8 Å². The Morgan fingerprint density at radius 2 is 2.38 bits per heavy atom. The van der Waals surface area contributed by atoms with Crippen molar-refractivity contribution in [2.75, 3.05) is 0 Å². The molecule has 2 heterocycles. The maximum Gasteiger partial charge on any atom is 0.327 e. The molecule has 7 nitrogen and oxygen atoms in total. The highest BCUT2D eigenvalue weighted by atomic mass is 16.4. The lowest BCUT2D eigenvalue weighted by molar-refractivity contribution is -0.138. The molecule has 0 unspecified atom stereocenters. The minimum Gasteiger partial charge on any atom is -0.480 e. The lowest BCUT2D eigenvalue weighted by Crippen LogP contribution is -2.11. The van der Waals surface area contributed by atoms with Crippen molar-refractivity contribution in [1.29, 1.82) is 0 Å². The van der Waals surface area contributed by atoms with Crippen molar-refractivity contribution in [1.82, 2.24) is 20.2 Å². The lowest BCUT2D eigenvalue weighted by atomic mass is 10.2. The van der Waals surface area contributed by atoms with Gasteiger partial charge >= 0.3 is 5.97 Å². The Hall–Kier alpha value is -2.18. The van der Waals surface area contributed by atoms with Gasteiger partial charge in [0.15, 0.2) is 12.4 Å². The van der Waals surface area contributed by atoms with E-state index < -0.39 is 5.97 Å². The summed E-state index contributed by atoms with van der Waals surface area (Å²) in [4.78, 5) is 11.4. The number of carboxylic acids is 1. The SMILES string of the molecule is O=C(O)Cn1nnc(CCc2ccco2)n1. The normalized spacial score (nSPS) is 10.5. The largest absolute Gasteiger partial charge is 0.480 e. The van der Waals surface area contributed by atoms with Crippen LogP contribution in [0.4, 0.5) is 0 Å². The number of nitrogens with zero attached hydrogens (tertiary/aromatic N) is 4. The fraction of sp³-hybridized carbons (Fsp3) is 0.333. The number of tetrazole rings is 1. The maximum atomic E-state index is 10.4. The van der Waals surface area contributed by atoms with Gasteiger partial charge in [-0.3, -0.25) is 4.79 Å². The quantitative estimate of drug-likeness (QED) is 0.773. The monoisotopic (exact) mass is 222 g/mol. The Kier molecular flexibility index (Phi) is 2.95. The molecule has 1 N–H and O–H groups in total. The summed E-state index contributed by atoms with van der Waals surface area (Å²) in [6, 6.07) is 3.67. The molecule has 0 amide bonds. The van der Waals surface area contributed by atoms with E-state index in [-0.39, 0.29) is 6.54 Å². The highest BCUT2D eigenvalue weighted by molar-refractivity contribution is 5.66. The van der Waals surface area contributed by atoms with Crippen molar-refractivity contribution in [3.05, 3.63) is 30.0 Å². The van der Waals surface area contributed by atoms with Crippen LogP contribution in [0.25, 0.3) is 0 Å². The second-order valence-electron chi connectivity index (χ2n) is 3.21. The molecular formula is C9H10N4O3. The number of carbonyl (C=O) groups is 1. The summed E-state index contributed by atoms with van der Waals surface area (Å²) in [6.07, 6.45) is 2.85. The zero-order valence-electron chi connectivity index (χ0n) is 8.41. The molecule has 0 bridgehead atoms. The smallest absolute Gasteiger partial charge is 0.327 e. The third-order valence-corrected chi connectivity index (χ3v) is 1.95. The number of hydrogen-bond donors (Lipinski definition) is 1. The van der Waals surface area contributed by atoms with E-state index in [1.807, 2.05) is 12.1 Å². The second-order valence-corrected chi connectivity index (χ2v) is 3.21.